The van der Waals surface area contributed by atoms with E-state index in [4.69, 9.17) is 14.7 Å². The molecular formula is C17H20O4. The monoisotopic (exact) mass is 288 g/mol. The van der Waals surface area contributed by atoms with E-state index in [-0.39, 0.29) is 12.2 Å². The molecule has 0 unspecified atom stereocenters. The van der Waals surface area contributed by atoms with Crippen molar-refractivity contribution in [3.63, 3.8) is 0 Å². The quantitative estimate of drug-likeness (QED) is 0.503. The van der Waals surface area contributed by atoms with Crippen LogP contribution >= 0.6 is 0 Å². The molecular weight excluding hydrogens is 268 g/mol. The lowest BCUT2D eigenvalue weighted by Gasteiger charge is -2.26. The zero-order valence-electron chi connectivity index (χ0n) is 12.5. The molecule has 0 spiro atoms. The Morgan fingerprint density at radius 2 is 1.33 bits per heavy atom. The molecule has 2 aromatic carbocycles. The second-order valence-electron chi connectivity index (χ2n) is 5.20. The molecule has 0 radical (unpaired) electrons. The molecule has 0 aliphatic rings. The Balaban J connectivity index is 2.23. The van der Waals surface area contributed by atoms with Crippen molar-refractivity contribution in [3.8, 4) is 11.5 Å². The first-order chi connectivity index (χ1) is 10.1. The summed E-state index contributed by atoms with van der Waals surface area (Å²) in [6.45, 7) is 3.99. The normalized spacial score (nSPS) is 11.2. The van der Waals surface area contributed by atoms with E-state index < -0.39 is 0 Å². The zero-order valence-corrected chi connectivity index (χ0v) is 12.5. The van der Waals surface area contributed by atoms with E-state index >= 15 is 0 Å². The molecule has 2 rings (SSSR count). The van der Waals surface area contributed by atoms with Gasteiger partial charge in [0.05, 0.1) is 7.11 Å². The molecule has 0 amide bonds. The van der Waals surface area contributed by atoms with Gasteiger partial charge in [-0.1, -0.05) is 38.1 Å². The standard InChI is InChI=1S/C17H20O4/c1-17(2,13-4-8-15(9-5-13)20-12-18)14-6-10-16(11-7-14)21-19-3/h4-11,18H,12H2,1-3H3. The van der Waals surface area contributed by atoms with Crippen LogP contribution in [-0.4, -0.2) is 19.0 Å². The van der Waals surface area contributed by atoms with Gasteiger partial charge < -0.3 is 14.7 Å². The van der Waals surface area contributed by atoms with Crippen LogP contribution in [0.2, 0.25) is 0 Å². The lowest BCUT2D eigenvalue weighted by atomic mass is 9.78. The topological polar surface area (TPSA) is 47.9 Å². The largest absolute Gasteiger partial charge is 0.468 e. The van der Waals surface area contributed by atoms with E-state index in [2.05, 4.69) is 18.7 Å². The second kappa shape index (κ2) is 6.61. The van der Waals surface area contributed by atoms with Crippen LogP contribution in [0.15, 0.2) is 48.5 Å². The predicted molar refractivity (Wildman–Crippen MR) is 80.4 cm³/mol. The SMILES string of the molecule is COOc1ccc(C(C)(C)c2ccc(OCO)cc2)cc1. The van der Waals surface area contributed by atoms with Gasteiger partial charge >= 0.3 is 0 Å². The molecule has 0 aliphatic carbocycles. The average Bonchev–Trinajstić information content (AvgIpc) is 2.49. The maximum Gasteiger partial charge on any atom is 0.186 e. The van der Waals surface area contributed by atoms with Crippen molar-refractivity contribution in [2.24, 2.45) is 0 Å². The fourth-order valence-electron chi connectivity index (χ4n) is 2.23. The van der Waals surface area contributed by atoms with Crippen molar-refractivity contribution in [1.29, 1.82) is 0 Å². The van der Waals surface area contributed by atoms with Gasteiger partial charge in [-0.15, -0.1) is 0 Å². The summed E-state index contributed by atoms with van der Waals surface area (Å²) in [6.07, 6.45) is 0. The van der Waals surface area contributed by atoms with Gasteiger partial charge in [0.25, 0.3) is 0 Å². The summed E-state index contributed by atoms with van der Waals surface area (Å²) in [5, 5.41) is 8.75. The van der Waals surface area contributed by atoms with Crippen molar-refractivity contribution in [2.75, 3.05) is 13.9 Å². The van der Waals surface area contributed by atoms with Crippen LogP contribution in [0, 0.1) is 0 Å². The Hall–Kier alpha value is -2.04. The van der Waals surface area contributed by atoms with Crippen LogP contribution in [-0.2, 0) is 10.3 Å². The summed E-state index contributed by atoms with van der Waals surface area (Å²) < 4.78 is 5.05. The fraction of sp³-hybridized carbons (Fsp3) is 0.294. The molecule has 2 aromatic rings. The molecule has 21 heavy (non-hydrogen) atoms. The third-order valence-corrected chi connectivity index (χ3v) is 3.56. The lowest BCUT2D eigenvalue weighted by Crippen LogP contribution is -2.18. The number of hydrogen-bond acceptors (Lipinski definition) is 4. The summed E-state index contributed by atoms with van der Waals surface area (Å²) in [4.78, 5) is 9.62. The Labute approximate surface area is 124 Å². The molecule has 0 aliphatic heterocycles. The maximum absolute atomic E-state index is 8.75. The summed E-state index contributed by atoms with van der Waals surface area (Å²) in [5.74, 6) is 1.32. The van der Waals surface area contributed by atoms with Crippen LogP contribution < -0.4 is 9.62 Å². The first-order valence-corrected chi connectivity index (χ1v) is 6.73. The Kier molecular flexibility index (Phi) is 4.83. The summed E-state index contributed by atoms with van der Waals surface area (Å²) in [6, 6.07) is 15.5. The van der Waals surface area contributed by atoms with Crippen molar-refractivity contribution >= 4 is 0 Å². The molecule has 4 nitrogen and oxygen atoms in total. The molecule has 0 saturated heterocycles. The van der Waals surface area contributed by atoms with E-state index in [1.807, 2.05) is 48.5 Å². The minimum Gasteiger partial charge on any atom is -0.468 e. The van der Waals surface area contributed by atoms with Crippen LogP contribution in [0.1, 0.15) is 25.0 Å². The van der Waals surface area contributed by atoms with Gasteiger partial charge in [0.15, 0.2) is 12.5 Å². The van der Waals surface area contributed by atoms with Crippen LogP contribution in [0.4, 0.5) is 0 Å². The van der Waals surface area contributed by atoms with Crippen molar-refractivity contribution in [3.05, 3.63) is 59.7 Å². The third kappa shape index (κ3) is 3.54. The first kappa shape index (κ1) is 15.4. The second-order valence-corrected chi connectivity index (χ2v) is 5.20. The summed E-state index contributed by atoms with van der Waals surface area (Å²) in [7, 11) is 1.48. The minimum atomic E-state index is -0.316. The number of hydrogen-bond donors (Lipinski definition) is 1. The molecule has 112 valence electrons. The maximum atomic E-state index is 8.75. The Morgan fingerprint density at radius 1 is 0.857 bits per heavy atom. The molecule has 0 fully saturated rings. The number of ether oxygens (including phenoxy) is 1. The first-order valence-electron chi connectivity index (χ1n) is 6.73. The molecule has 0 aromatic heterocycles. The van der Waals surface area contributed by atoms with Gasteiger partial charge in [-0.2, -0.15) is 4.89 Å². The molecule has 0 heterocycles. The fourth-order valence-corrected chi connectivity index (χ4v) is 2.23. The zero-order chi connectivity index (χ0) is 15.3. The summed E-state index contributed by atoms with van der Waals surface area (Å²) >= 11 is 0. The van der Waals surface area contributed by atoms with E-state index in [9.17, 15) is 0 Å². The molecule has 0 saturated carbocycles. The Bertz CT molecular complexity index is 507. The van der Waals surface area contributed by atoms with E-state index in [0.29, 0.717) is 11.5 Å². The van der Waals surface area contributed by atoms with Crippen molar-refractivity contribution < 1.29 is 19.6 Å². The molecule has 4 heteroatoms. The highest BCUT2D eigenvalue weighted by Crippen LogP contribution is 2.33. The molecule has 0 atom stereocenters. The van der Waals surface area contributed by atoms with Crippen LogP contribution in [0.3, 0.4) is 0 Å². The van der Waals surface area contributed by atoms with Crippen molar-refractivity contribution in [2.45, 2.75) is 19.3 Å². The van der Waals surface area contributed by atoms with Crippen LogP contribution in [0.5, 0.6) is 11.5 Å². The predicted octanol–water partition coefficient (Wildman–Crippen LogP) is 3.28. The van der Waals surface area contributed by atoms with E-state index in [1.54, 1.807) is 0 Å². The number of aliphatic hydroxyl groups is 1. The van der Waals surface area contributed by atoms with Crippen molar-refractivity contribution in [1.82, 2.24) is 0 Å². The van der Waals surface area contributed by atoms with Gasteiger partial charge in [-0.3, -0.25) is 0 Å². The molecule has 0 bridgehead atoms. The number of rotatable bonds is 6. The average molecular weight is 288 g/mol. The smallest absolute Gasteiger partial charge is 0.186 e. The van der Waals surface area contributed by atoms with Crippen LogP contribution in [0.25, 0.3) is 0 Å². The van der Waals surface area contributed by atoms with E-state index in [1.165, 1.54) is 12.7 Å². The summed E-state index contributed by atoms with van der Waals surface area (Å²) in [5.41, 5.74) is 2.18. The van der Waals surface area contributed by atoms with Gasteiger partial charge in [-0.05, 0) is 35.4 Å². The molecule has 1 N–H and O–H groups in total. The van der Waals surface area contributed by atoms with Gasteiger partial charge in [0.2, 0.25) is 0 Å². The Morgan fingerprint density at radius 3 is 1.76 bits per heavy atom. The number of benzene rings is 2. The highest BCUT2D eigenvalue weighted by molar-refractivity contribution is 5.41. The van der Waals surface area contributed by atoms with Gasteiger partial charge in [-0.25, -0.2) is 0 Å². The lowest BCUT2D eigenvalue weighted by molar-refractivity contribution is -0.178. The highest BCUT2D eigenvalue weighted by Gasteiger charge is 2.23. The van der Waals surface area contributed by atoms with Gasteiger partial charge in [0, 0.05) is 5.41 Å². The number of aliphatic hydroxyl groups excluding tert-OH is 1. The van der Waals surface area contributed by atoms with E-state index in [0.717, 1.165) is 5.56 Å². The minimum absolute atomic E-state index is 0.149. The van der Waals surface area contributed by atoms with Gasteiger partial charge in [0.1, 0.15) is 5.75 Å². The highest BCUT2D eigenvalue weighted by atomic mass is 17.2. The third-order valence-electron chi connectivity index (χ3n) is 3.56.